The molecule has 5 N–H and O–H groups in total. The zero-order valence-electron chi connectivity index (χ0n) is 25.7. The van der Waals surface area contributed by atoms with E-state index < -0.39 is 17.1 Å². The summed E-state index contributed by atoms with van der Waals surface area (Å²) in [7, 11) is 1.46. The van der Waals surface area contributed by atoms with Crippen LogP contribution in [-0.4, -0.2) is 54.1 Å². The van der Waals surface area contributed by atoms with E-state index >= 15 is 0 Å². The van der Waals surface area contributed by atoms with Gasteiger partial charge in [0.1, 0.15) is 29.2 Å². The molecule has 2 aromatic heterocycles. The van der Waals surface area contributed by atoms with Crippen molar-refractivity contribution < 1.29 is 23.5 Å². The highest BCUT2D eigenvalue weighted by Gasteiger charge is 2.46. The van der Waals surface area contributed by atoms with Crippen molar-refractivity contribution in [1.29, 1.82) is 0 Å². The average molecular weight is 647 g/mol. The molecule has 0 spiro atoms. The summed E-state index contributed by atoms with van der Waals surface area (Å²) < 4.78 is 25.7. The van der Waals surface area contributed by atoms with Crippen LogP contribution in [0.4, 0.5) is 10.1 Å². The summed E-state index contributed by atoms with van der Waals surface area (Å²) in [6.07, 6.45) is 7.83. The van der Waals surface area contributed by atoms with Crippen LogP contribution < -0.4 is 26.3 Å². The largest absolute Gasteiger partial charge is 0.495 e. The van der Waals surface area contributed by atoms with E-state index in [0.717, 1.165) is 37.1 Å². The summed E-state index contributed by atoms with van der Waals surface area (Å²) in [4.78, 5) is 39.9. The van der Waals surface area contributed by atoms with Crippen molar-refractivity contribution in [2.45, 2.75) is 68.5 Å². The number of amides is 2. The SMILES string of the molecule is COc1cc(C(=O)NC[C@H](c2cc3c(c(-c4ccnc(C5CC5)c4Cl)n2)OC[C@]3(C)C(N)=O)C2CC2)cc(/C=N/C2(F)CC2)c1N. The van der Waals surface area contributed by atoms with Crippen LogP contribution in [0, 0.1) is 5.92 Å². The van der Waals surface area contributed by atoms with Crippen molar-refractivity contribution in [2.24, 2.45) is 16.6 Å². The van der Waals surface area contributed by atoms with Crippen LogP contribution in [0.15, 0.2) is 35.5 Å². The number of alkyl halides is 1. The van der Waals surface area contributed by atoms with Gasteiger partial charge in [-0.05, 0) is 62.8 Å². The lowest BCUT2D eigenvalue weighted by Gasteiger charge is -2.23. The summed E-state index contributed by atoms with van der Waals surface area (Å²) >= 11 is 6.93. The topological polar surface area (TPSA) is 155 Å². The number of rotatable bonds is 11. The number of carbonyl (C=O) groups is 2. The molecule has 0 saturated heterocycles. The number of aliphatic imine (C=N–C) groups is 1. The summed E-state index contributed by atoms with van der Waals surface area (Å²) in [5, 5.41) is 3.59. The third-order valence-electron chi connectivity index (χ3n) is 9.58. The highest BCUT2D eigenvalue weighted by molar-refractivity contribution is 6.34. The van der Waals surface area contributed by atoms with Gasteiger partial charge in [-0.15, -0.1) is 0 Å². The number of nitrogen functional groups attached to an aromatic ring is 1. The Balaban J connectivity index is 1.23. The van der Waals surface area contributed by atoms with E-state index in [9.17, 15) is 14.0 Å². The third-order valence-corrected chi connectivity index (χ3v) is 9.98. The second-order valence-corrected chi connectivity index (χ2v) is 13.5. The van der Waals surface area contributed by atoms with Crippen molar-refractivity contribution in [3.05, 3.63) is 63.6 Å². The van der Waals surface area contributed by atoms with Gasteiger partial charge in [0, 0.05) is 71.6 Å². The average Bonchev–Trinajstić information content (AvgIpc) is 3.92. The van der Waals surface area contributed by atoms with Gasteiger partial charge in [0.25, 0.3) is 5.91 Å². The molecule has 1 aliphatic heterocycles. The van der Waals surface area contributed by atoms with Gasteiger partial charge in [0.05, 0.1) is 23.5 Å². The second-order valence-electron chi connectivity index (χ2n) is 13.1. The molecule has 10 nitrogen and oxygen atoms in total. The van der Waals surface area contributed by atoms with Crippen LogP contribution in [0.1, 0.15) is 90.2 Å². The van der Waals surface area contributed by atoms with Crippen LogP contribution in [-0.2, 0) is 10.2 Å². The highest BCUT2D eigenvalue weighted by Crippen LogP contribution is 2.51. The van der Waals surface area contributed by atoms with Crippen LogP contribution in [0.2, 0.25) is 5.02 Å². The number of fused-ring (bicyclic) bond motifs is 1. The normalized spacial score (nSPS) is 21.8. The molecule has 2 atom stereocenters. The van der Waals surface area contributed by atoms with Gasteiger partial charge in [-0.3, -0.25) is 19.6 Å². The van der Waals surface area contributed by atoms with E-state index in [1.807, 2.05) is 12.1 Å². The van der Waals surface area contributed by atoms with Crippen molar-refractivity contribution in [3.63, 3.8) is 0 Å². The summed E-state index contributed by atoms with van der Waals surface area (Å²) in [6, 6.07) is 6.86. The van der Waals surface area contributed by atoms with Crippen molar-refractivity contribution in [3.8, 4) is 22.8 Å². The fourth-order valence-corrected chi connectivity index (χ4v) is 6.41. The second kappa shape index (κ2) is 11.2. The van der Waals surface area contributed by atoms with Gasteiger partial charge in [-0.1, -0.05) is 11.6 Å². The molecule has 3 aliphatic carbocycles. The minimum absolute atomic E-state index is 0.0902. The first-order valence-corrected chi connectivity index (χ1v) is 16.0. The summed E-state index contributed by atoms with van der Waals surface area (Å²) in [5.41, 5.74) is 15.5. The van der Waals surface area contributed by atoms with E-state index in [4.69, 9.17) is 37.5 Å². The molecule has 12 heteroatoms. The standard InChI is InChI=1S/C34H36ClFN6O4/c1-33(32(38)44)16-46-30-23(33)13-24(42-29(30)21-7-10-39-28(26(21)35)18-5-6-18)22(17-3-4-17)15-40-31(43)19-11-20(14-41-34(36)8-9-34)27(37)25(12-19)45-2/h7,10-14,17-18,22H,3-6,8-9,15-16,37H2,1-2H3,(H2,38,44)(H,40,43)/b41-14+/t22-,33-/m0/s1. The quantitative estimate of drug-likeness (QED) is 0.147. The maximum Gasteiger partial charge on any atom is 0.251 e. The zero-order valence-corrected chi connectivity index (χ0v) is 26.5. The van der Waals surface area contributed by atoms with Crippen LogP contribution in [0.5, 0.6) is 11.5 Å². The van der Waals surface area contributed by atoms with E-state index in [0.29, 0.717) is 63.2 Å². The van der Waals surface area contributed by atoms with Crippen LogP contribution in [0.25, 0.3) is 11.3 Å². The Labute approximate surface area is 271 Å². The Morgan fingerprint density at radius 1 is 1.26 bits per heavy atom. The lowest BCUT2D eigenvalue weighted by molar-refractivity contribution is -0.123. The first-order valence-electron chi connectivity index (χ1n) is 15.6. The molecule has 3 fully saturated rings. The number of nitrogens with one attached hydrogen (secondary N) is 1. The van der Waals surface area contributed by atoms with Crippen LogP contribution >= 0.6 is 11.6 Å². The van der Waals surface area contributed by atoms with Gasteiger partial charge in [0.15, 0.2) is 5.79 Å². The minimum Gasteiger partial charge on any atom is -0.495 e. The fraction of sp³-hybridized carbons (Fsp3) is 0.441. The molecule has 1 aromatic carbocycles. The molecule has 7 rings (SSSR count). The summed E-state index contributed by atoms with van der Waals surface area (Å²) in [6.45, 7) is 2.15. The van der Waals surface area contributed by atoms with Gasteiger partial charge >= 0.3 is 0 Å². The minimum atomic E-state index is -1.56. The highest BCUT2D eigenvalue weighted by atomic mass is 35.5. The molecule has 2 amide bonds. The number of ether oxygens (including phenoxy) is 2. The lowest BCUT2D eigenvalue weighted by Crippen LogP contribution is -2.40. The Morgan fingerprint density at radius 2 is 2.02 bits per heavy atom. The molecule has 0 bridgehead atoms. The number of hydrogen-bond donors (Lipinski definition) is 3. The number of nitrogens with two attached hydrogens (primary N) is 2. The predicted molar refractivity (Wildman–Crippen MR) is 172 cm³/mol. The van der Waals surface area contributed by atoms with Gasteiger partial charge < -0.3 is 26.3 Å². The molecule has 240 valence electrons. The number of benzene rings is 1. The Morgan fingerprint density at radius 3 is 2.67 bits per heavy atom. The first kappa shape index (κ1) is 30.4. The zero-order chi connectivity index (χ0) is 32.4. The van der Waals surface area contributed by atoms with Gasteiger partial charge in [0.2, 0.25) is 5.91 Å². The number of pyridine rings is 2. The lowest BCUT2D eigenvalue weighted by atomic mass is 9.82. The maximum absolute atomic E-state index is 14.2. The number of carbonyl (C=O) groups excluding carboxylic acids is 2. The number of anilines is 1. The molecule has 3 aromatic rings. The van der Waals surface area contributed by atoms with Crippen molar-refractivity contribution in [2.75, 3.05) is 26.0 Å². The first-order chi connectivity index (χ1) is 22.0. The molecular weight excluding hydrogens is 611 g/mol. The third kappa shape index (κ3) is 5.55. The van der Waals surface area contributed by atoms with Crippen LogP contribution in [0.3, 0.4) is 0 Å². The van der Waals surface area contributed by atoms with E-state index in [1.54, 1.807) is 25.3 Å². The number of primary amides is 1. The molecule has 46 heavy (non-hydrogen) atoms. The Bertz CT molecular complexity index is 1790. The summed E-state index contributed by atoms with van der Waals surface area (Å²) in [5.74, 6) is -1.19. The molecule has 3 saturated carbocycles. The van der Waals surface area contributed by atoms with Crippen molar-refractivity contribution in [1.82, 2.24) is 15.3 Å². The molecule has 0 radical (unpaired) electrons. The molecule has 4 aliphatic rings. The smallest absolute Gasteiger partial charge is 0.251 e. The molecule has 0 unspecified atom stereocenters. The van der Waals surface area contributed by atoms with E-state index in [-0.39, 0.29) is 36.6 Å². The monoisotopic (exact) mass is 646 g/mol. The maximum atomic E-state index is 14.2. The fourth-order valence-electron chi connectivity index (χ4n) is 6.05. The van der Waals surface area contributed by atoms with E-state index in [2.05, 4.69) is 15.3 Å². The Kier molecular flexibility index (Phi) is 7.42. The number of aromatic nitrogens is 2. The number of hydrogen-bond acceptors (Lipinski definition) is 8. The molecular formula is C34H36ClFN6O4. The van der Waals surface area contributed by atoms with Gasteiger partial charge in [-0.25, -0.2) is 9.37 Å². The number of nitrogens with zero attached hydrogens (tertiary/aromatic N) is 3. The van der Waals surface area contributed by atoms with Gasteiger partial charge in [-0.2, -0.15) is 0 Å². The number of methoxy groups -OCH3 is 1. The predicted octanol–water partition coefficient (Wildman–Crippen LogP) is 5.20. The van der Waals surface area contributed by atoms with Crippen molar-refractivity contribution >= 4 is 35.3 Å². The molecule has 3 heterocycles. The van der Waals surface area contributed by atoms with E-state index in [1.165, 1.54) is 13.3 Å². The number of halogens is 2. The Hall–Kier alpha value is -4.25.